The largest absolute Gasteiger partial charge is 0.481 e. The van der Waals surface area contributed by atoms with Crippen LogP contribution in [0.1, 0.15) is 32.3 Å². The molecule has 0 bridgehead atoms. The molecule has 1 rings (SSSR count). The summed E-state index contributed by atoms with van der Waals surface area (Å²) in [5.74, 6) is -1.74. The third-order valence-corrected chi connectivity index (χ3v) is 3.75. The number of hydrogen-bond acceptors (Lipinski definition) is 3. The fourth-order valence-corrected chi connectivity index (χ4v) is 2.10. The number of nitrogens with two attached hydrogens (primary N) is 1. The van der Waals surface area contributed by atoms with Crippen molar-refractivity contribution < 1.29 is 14.7 Å². The third kappa shape index (κ3) is 4.78. The molecule has 0 aromatic heterocycles. The Balaban J connectivity index is 2.68. The highest BCUT2D eigenvalue weighted by Gasteiger charge is 2.26. The lowest BCUT2D eigenvalue weighted by Crippen LogP contribution is -2.38. The number of carbonyl (C=O) groups is 2. The van der Waals surface area contributed by atoms with Crippen LogP contribution in [-0.4, -0.2) is 22.9 Å². The fraction of sp³-hybridized carbons (Fsp3) is 0.500. The number of aliphatic carboxylic acids is 1. The van der Waals surface area contributed by atoms with Gasteiger partial charge in [0.25, 0.3) is 0 Å². The van der Waals surface area contributed by atoms with Crippen molar-refractivity contribution >= 4 is 11.8 Å². The van der Waals surface area contributed by atoms with Crippen molar-refractivity contribution in [3.05, 3.63) is 35.9 Å². The molecule has 0 aliphatic carbocycles. The van der Waals surface area contributed by atoms with Crippen molar-refractivity contribution in [2.75, 3.05) is 0 Å². The standard InChI is InChI=1S/C16H23NO3/c1-3-11(2)15(17)14(18)10-13(16(19)20)9-12-7-5-4-6-8-12/h4-8,11,13,15H,3,9-10,17H2,1-2H3,(H,19,20)/t11-,13+,15-/m0/s1. The third-order valence-electron chi connectivity index (χ3n) is 3.75. The second-order valence-corrected chi connectivity index (χ2v) is 5.31. The first kappa shape index (κ1) is 16.4. The predicted molar refractivity (Wildman–Crippen MR) is 78.3 cm³/mol. The second-order valence-electron chi connectivity index (χ2n) is 5.31. The van der Waals surface area contributed by atoms with E-state index in [0.29, 0.717) is 6.42 Å². The molecular weight excluding hydrogens is 254 g/mol. The van der Waals surface area contributed by atoms with E-state index in [1.807, 2.05) is 44.2 Å². The summed E-state index contributed by atoms with van der Waals surface area (Å²) in [5, 5.41) is 9.27. The molecule has 0 spiro atoms. The van der Waals surface area contributed by atoms with Crippen LogP contribution in [0.5, 0.6) is 0 Å². The monoisotopic (exact) mass is 277 g/mol. The summed E-state index contributed by atoms with van der Waals surface area (Å²) in [6.07, 6.45) is 1.16. The van der Waals surface area contributed by atoms with E-state index in [4.69, 9.17) is 5.73 Å². The minimum Gasteiger partial charge on any atom is -0.481 e. The Labute approximate surface area is 120 Å². The second kappa shape index (κ2) is 7.80. The zero-order chi connectivity index (χ0) is 15.1. The lowest BCUT2D eigenvalue weighted by Gasteiger charge is -2.19. The zero-order valence-electron chi connectivity index (χ0n) is 12.1. The first-order valence-electron chi connectivity index (χ1n) is 7.00. The number of hydrogen-bond donors (Lipinski definition) is 2. The molecule has 0 amide bonds. The topological polar surface area (TPSA) is 80.4 Å². The molecule has 0 radical (unpaired) electrons. The maximum Gasteiger partial charge on any atom is 0.307 e. The maximum absolute atomic E-state index is 12.1. The van der Waals surface area contributed by atoms with Gasteiger partial charge < -0.3 is 10.8 Å². The quantitative estimate of drug-likeness (QED) is 0.763. The minimum absolute atomic E-state index is 0.00423. The van der Waals surface area contributed by atoms with Crippen molar-refractivity contribution in [2.24, 2.45) is 17.6 Å². The molecule has 1 aromatic rings. The van der Waals surface area contributed by atoms with Crippen LogP contribution in [0.25, 0.3) is 0 Å². The van der Waals surface area contributed by atoms with E-state index >= 15 is 0 Å². The molecule has 110 valence electrons. The van der Waals surface area contributed by atoms with Gasteiger partial charge in [0.1, 0.15) is 0 Å². The van der Waals surface area contributed by atoms with Gasteiger partial charge in [-0.2, -0.15) is 0 Å². The summed E-state index contributed by atoms with van der Waals surface area (Å²) in [5.41, 5.74) is 6.79. The summed E-state index contributed by atoms with van der Waals surface area (Å²) in [7, 11) is 0. The van der Waals surface area contributed by atoms with E-state index < -0.39 is 17.9 Å². The van der Waals surface area contributed by atoms with Crippen LogP contribution in [0.3, 0.4) is 0 Å². The SMILES string of the molecule is CC[C@H](C)[C@H](N)C(=O)C[C@@H](Cc1ccccc1)C(=O)O. The van der Waals surface area contributed by atoms with Gasteiger partial charge in [0.15, 0.2) is 5.78 Å². The highest BCUT2D eigenvalue weighted by molar-refractivity contribution is 5.88. The average molecular weight is 277 g/mol. The van der Waals surface area contributed by atoms with Gasteiger partial charge in [-0.25, -0.2) is 0 Å². The molecule has 3 atom stereocenters. The molecule has 0 saturated carbocycles. The van der Waals surface area contributed by atoms with Gasteiger partial charge in [-0.05, 0) is 17.9 Å². The van der Waals surface area contributed by atoms with Gasteiger partial charge in [0, 0.05) is 6.42 Å². The van der Waals surface area contributed by atoms with Gasteiger partial charge in [-0.1, -0.05) is 50.6 Å². The van der Waals surface area contributed by atoms with Crippen molar-refractivity contribution in [1.29, 1.82) is 0 Å². The van der Waals surface area contributed by atoms with E-state index in [2.05, 4.69) is 0 Å². The molecule has 3 N–H and O–H groups in total. The van der Waals surface area contributed by atoms with Crippen LogP contribution in [0.4, 0.5) is 0 Å². The molecule has 0 saturated heterocycles. The van der Waals surface area contributed by atoms with Crippen molar-refractivity contribution in [1.82, 2.24) is 0 Å². The molecular formula is C16H23NO3. The number of rotatable bonds is 8. The van der Waals surface area contributed by atoms with Crippen molar-refractivity contribution in [3.8, 4) is 0 Å². The lowest BCUT2D eigenvalue weighted by atomic mass is 9.88. The summed E-state index contributed by atoms with van der Waals surface area (Å²) in [4.78, 5) is 23.4. The highest BCUT2D eigenvalue weighted by atomic mass is 16.4. The molecule has 20 heavy (non-hydrogen) atoms. The average Bonchev–Trinajstić information content (AvgIpc) is 2.45. The zero-order valence-corrected chi connectivity index (χ0v) is 12.1. The first-order valence-corrected chi connectivity index (χ1v) is 7.00. The Hall–Kier alpha value is -1.68. The number of ketones is 1. The summed E-state index contributed by atoms with van der Waals surface area (Å²) >= 11 is 0. The number of carbonyl (C=O) groups excluding carboxylic acids is 1. The van der Waals surface area contributed by atoms with Crippen LogP contribution in [0, 0.1) is 11.8 Å². The van der Waals surface area contributed by atoms with E-state index in [9.17, 15) is 14.7 Å². The molecule has 0 fully saturated rings. The van der Waals surface area contributed by atoms with Crippen LogP contribution in [0.15, 0.2) is 30.3 Å². The van der Waals surface area contributed by atoms with Crippen LogP contribution in [-0.2, 0) is 16.0 Å². The van der Waals surface area contributed by atoms with E-state index in [0.717, 1.165) is 12.0 Å². The number of Topliss-reactive ketones (excluding diaryl/α,β-unsaturated/α-hetero) is 1. The van der Waals surface area contributed by atoms with Crippen LogP contribution in [0.2, 0.25) is 0 Å². The fourth-order valence-electron chi connectivity index (χ4n) is 2.10. The number of benzene rings is 1. The highest BCUT2D eigenvalue weighted by Crippen LogP contribution is 2.16. The van der Waals surface area contributed by atoms with Crippen molar-refractivity contribution in [2.45, 2.75) is 39.2 Å². The molecule has 0 aliphatic rings. The number of carboxylic acids is 1. The molecule has 0 aliphatic heterocycles. The van der Waals surface area contributed by atoms with Gasteiger partial charge in [-0.15, -0.1) is 0 Å². The van der Waals surface area contributed by atoms with E-state index in [-0.39, 0.29) is 18.1 Å². The minimum atomic E-state index is -0.946. The molecule has 4 heteroatoms. The van der Waals surface area contributed by atoms with Gasteiger partial charge in [-0.3, -0.25) is 9.59 Å². The normalized spacial score (nSPS) is 15.3. The number of carboxylic acid groups (broad SMARTS) is 1. The van der Waals surface area contributed by atoms with Crippen LogP contribution < -0.4 is 5.73 Å². The Morgan fingerprint density at radius 1 is 1.25 bits per heavy atom. The molecule has 0 heterocycles. The van der Waals surface area contributed by atoms with Gasteiger partial charge in [0.2, 0.25) is 0 Å². The van der Waals surface area contributed by atoms with Crippen molar-refractivity contribution in [3.63, 3.8) is 0 Å². The Morgan fingerprint density at radius 3 is 2.35 bits per heavy atom. The summed E-state index contributed by atoms with van der Waals surface area (Å²) in [6, 6.07) is 8.77. The smallest absolute Gasteiger partial charge is 0.307 e. The van der Waals surface area contributed by atoms with Gasteiger partial charge in [0.05, 0.1) is 12.0 Å². The molecule has 1 aromatic carbocycles. The summed E-state index contributed by atoms with van der Waals surface area (Å²) in [6.45, 7) is 3.88. The van der Waals surface area contributed by atoms with E-state index in [1.54, 1.807) is 0 Å². The first-order chi connectivity index (χ1) is 9.45. The predicted octanol–water partition coefficient (Wildman–Crippen LogP) is 2.26. The molecule has 0 unspecified atom stereocenters. The van der Waals surface area contributed by atoms with Crippen LogP contribution >= 0.6 is 0 Å². The maximum atomic E-state index is 12.1. The summed E-state index contributed by atoms with van der Waals surface area (Å²) < 4.78 is 0. The Morgan fingerprint density at radius 2 is 1.85 bits per heavy atom. The van der Waals surface area contributed by atoms with Gasteiger partial charge >= 0.3 is 5.97 Å². The lowest BCUT2D eigenvalue weighted by molar-refractivity contribution is -0.144. The Kier molecular flexibility index (Phi) is 6.39. The molecule has 4 nitrogen and oxygen atoms in total. The van der Waals surface area contributed by atoms with E-state index in [1.165, 1.54) is 0 Å². The Bertz CT molecular complexity index is 444.